The summed E-state index contributed by atoms with van der Waals surface area (Å²) in [7, 11) is 0. The average Bonchev–Trinajstić information content (AvgIpc) is 2.31. The van der Waals surface area contributed by atoms with Crippen molar-refractivity contribution >= 4 is 33.6 Å². The Labute approximate surface area is 103 Å². The van der Waals surface area contributed by atoms with E-state index in [1.54, 1.807) is 0 Å². The molecule has 0 heterocycles. The van der Waals surface area contributed by atoms with Crippen LogP contribution in [-0.4, -0.2) is 11.7 Å². The summed E-state index contributed by atoms with van der Waals surface area (Å²) in [5, 5.41) is 11.7. The molecule has 0 amide bonds. The Balaban J connectivity index is 2.59. The molecular weight excluding hydrogens is 301 g/mol. The number of halogens is 1. The highest BCUT2D eigenvalue weighted by Gasteiger charge is 2.10. The zero-order chi connectivity index (χ0) is 10.7. The lowest BCUT2D eigenvalue weighted by molar-refractivity contribution is 0.264. The van der Waals surface area contributed by atoms with Crippen LogP contribution in [0.3, 0.4) is 0 Å². The number of nitrogens with one attached hydrogen (secondary N) is 1. The minimum absolute atomic E-state index is 0.00306. The van der Waals surface area contributed by atoms with Gasteiger partial charge in [0.25, 0.3) is 0 Å². The first kappa shape index (κ1) is 10.9. The van der Waals surface area contributed by atoms with Crippen LogP contribution < -0.4 is 3.53 Å². The fraction of sp³-hybridized carbons (Fsp3) is 0.167. The smallest absolute Gasteiger partial charge is 0.0650 e. The van der Waals surface area contributed by atoms with Crippen LogP contribution in [0.4, 0.5) is 0 Å². The molecule has 0 saturated carbocycles. The van der Waals surface area contributed by atoms with Crippen molar-refractivity contribution in [2.45, 2.75) is 6.04 Å². The molecule has 2 N–H and O–H groups in total. The Bertz CT molecular complexity index is 449. The van der Waals surface area contributed by atoms with Crippen molar-refractivity contribution in [2.24, 2.45) is 0 Å². The van der Waals surface area contributed by atoms with E-state index in [9.17, 15) is 5.11 Å². The molecule has 0 spiro atoms. The molecule has 0 radical (unpaired) electrons. The molecule has 0 fully saturated rings. The normalized spacial score (nSPS) is 12.9. The van der Waals surface area contributed by atoms with Crippen molar-refractivity contribution in [1.82, 2.24) is 3.53 Å². The van der Waals surface area contributed by atoms with Gasteiger partial charge in [0.05, 0.1) is 12.6 Å². The number of hydrogen-bond donors (Lipinski definition) is 2. The molecule has 0 saturated heterocycles. The van der Waals surface area contributed by atoms with Gasteiger partial charge in [-0.15, -0.1) is 0 Å². The quantitative estimate of drug-likeness (QED) is 0.675. The van der Waals surface area contributed by atoms with Crippen LogP contribution in [0.5, 0.6) is 0 Å². The fourth-order valence-corrected chi connectivity index (χ4v) is 2.28. The number of rotatable bonds is 3. The van der Waals surface area contributed by atoms with E-state index in [0.29, 0.717) is 0 Å². The summed E-state index contributed by atoms with van der Waals surface area (Å²) >= 11 is 2.08. The SMILES string of the molecule is OCC(NI)c1cccc2ccccc12. The van der Waals surface area contributed by atoms with Crippen molar-refractivity contribution in [3.05, 3.63) is 48.0 Å². The van der Waals surface area contributed by atoms with Crippen LogP contribution in [0.2, 0.25) is 0 Å². The summed E-state index contributed by atoms with van der Waals surface area (Å²) in [6.07, 6.45) is 0. The van der Waals surface area contributed by atoms with Gasteiger partial charge in [-0.3, -0.25) is 3.53 Å². The number of fused-ring (bicyclic) bond motifs is 1. The lowest BCUT2D eigenvalue weighted by Gasteiger charge is -2.14. The molecule has 15 heavy (non-hydrogen) atoms. The first-order valence-corrected chi connectivity index (χ1v) is 5.89. The average molecular weight is 313 g/mol. The Morgan fingerprint density at radius 2 is 1.87 bits per heavy atom. The first-order valence-electron chi connectivity index (χ1n) is 4.81. The van der Waals surface area contributed by atoms with Gasteiger partial charge in [0.2, 0.25) is 0 Å². The van der Waals surface area contributed by atoms with E-state index in [0.717, 1.165) is 5.56 Å². The van der Waals surface area contributed by atoms with Crippen molar-refractivity contribution in [2.75, 3.05) is 6.61 Å². The Morgan fingerprint density at radius 3 is 2.60 bits per heavy atom. The zero-order valence-electron chi connectivity index (χ0n) is 8.15. The minimum Gasteiger partial charge on any atom is -0.394 e. The van der Waals surface area contributed by atoms with Gasteiger partial charge in [0.1, 0.15) is 0 Å². The predicted molar refractivity (Wildman–Crippen MR) is 70.9 cm³/mol. The molecule has 1 atom stereocenters. The van der Waals surface area contributed by atoms with Gasteiger partial charge >= 0.3 is 0 Å². The van der Waals surface area contributed by atoms with E-state index in [4.69, 9.17) is 0 Å². The summed E-state index contributed by atoms with van der Waals surface area (Å²) in [4.78, 5) is 0. The molecule has 2 rings (SSSR count). The highest BCUT2D eigenvalue weighted by atomic mass is 127. The van der Waals surface area contributed by atoms with E-state index in [1.165, 1.54) is 10.8 Å². The van der Waals surface area contributed by atoms with E-state index in [1.807, 2.05) is 18.2 Å². The monoisotopic (exact) mass is 313 g/mol. The second-order valence-electron chi connectivity index (χ2n) is 3.41. The summed E-state index contributed by atoms with van der Waals surface area (Å²) in [5.41, 5.74) is 1.14. The van der Waals surface area contributed by atoms with Crippen molar-refractivity contribution in [3.8, 4) is 0 Å². The third-order valence-corrected chi connectivity index (χ3v) is 3.26. The highest BCUT2D eigenvalue weighted by Crippen LogP contribution is 2.24. The topological polar surface area (TPSA) is 32.3 Å². The second kappa shape index (κ2) is 4.92. The second-order valence-corrected chi connectivity index (χ2v) is 4.04. The minimum atomic E-state index is -0.00306. The van der Waals surface area contributed by atoms with Gasteiger partial charge in [-0.25, -0.2) is 0 Å². The van der Waals surface area contributed by atoms with Gasteiger partial charge in [-0.05, 0) is 16.3 Å². The molecular formula is C12H12INO. The van der Waals surface area contributed by atoms with Crippen molar-refractivity contribution < 1.29 is 5.11 Å². The maximum atomic E-state index is 9.27. The van der Waals surface area contributed by atoms with E-state index < -0.39 is 0 Å². The first-order chi connectivity index (χ1) is 7.36. The summed E-state index contributed by atoms with van der Waals surface area (Å²) in [6, 6.07) is 14.4. The van der Waals surface area contributed by atoms with Gasteiger partial charge in [-0.1, -0.05) is 42.5 Å². The Morgan fingerprint density at radius 1 is 1.13 bits per heavy atom. The summed E-state index contributed by atoms with van der Waals surface area (Å²) in [6.45, 7) is 0.108. The van der Waals surface area contributed by atoms with E-state index >= 15 is 0 Å². The zero-order valence-corrected chi connectivity index (χ0v) is 10.3. The summed E-state index contributed by atoms with van der Waals surface area (Å²) in [5.74, 6) is 0. The van der Waals surface area contributed by atoms with Crippen LogP contribution in [0.1, 0.15) is 11.6 Å². The molecule has 1 unspecified atom stereocenters. The Hall–Kier alpha value is -0.650. The predicted octanol–water partition coefficient (Wildman–Crippen LogP) is 2.81. The number of aliphatic hydroxyl groups is 1. The van der Waals surface area contributed by atoms with Crippen LogP contribution in [-0.2, 0) is 0 Å². The van der Waals surface area contributed by atoms with Crippen LogP contribution in [0, 0.1) is 0 Å². The third-order valence-electron chi connectivity index (χ3n) is 2.51. The number of benzene rings is 2. The molecule has 2 nitrogen and oxygen atoms in total. The van der Waals surface area contributed by atoms with Crippen LogP contribution in [0.15, 0.2) is 42.5 Å². The molecule has 0 aliphatic carbocycles. The number of aliphatic hydroxyl groups excluding tert-OH is 1. The summed E-state index contributed by atoms with van der Waals surface area (Å²) < 4.78 is 3.08. The molecule has 0 bridgehead atoms. The standard InChI is InChI=1S/C12H12INO/c13-14-12(8-15)11-7-3-5-9-4-1-2-6-10(9)11/h1-7,12,14-15H,8H2. The van der Waals surface area contributed by atoms with E-state index in [-0.39, 0.29) is 12.6 Å². The van der Waals surface area contributed by atoms with E-state index in [2.05, 4.69) is 50.7 Å². The molecule has 3 heteroatoms. The van der Waals surface area contributed by atoms with Crippen LogP contribution >= 0.6 is 22.9 Å². The lowest BCUT2D eigenvalue weighted by atomic mass is 10.00. The molecule has 0 aliphatic rings. The van der Waals surface area contributed by atoms with Gasteiger partial charge in [-0.2, -0.15) is 0 Å². The molecule has 2 aromatic rings. The van der Waals surface area contributed by atoms with Crippen LogP contribution in [0.25, 0.3) is 10.8 Å². The highest BCUT2D eigenvalue weighted by molar-refractivity contribution is 14.1. The molecule has 2 aromatic carbocycles. The maximum absolute atomic E-state index is 9.27. The van der Waals surface area contributed by atoms with Gasteiger partial charge in [0, 0.05) is 22.9 Å². The number of hydrogen-bond acceptors (Lipinski definition) is 2. The fourth-order valence-electron chi connectivity index (χ4n) is 1.75. The van der Waals surface area contributed by atoms with Gasteiger partial charge < -0.3 is 5.11 Å². The largest absolute Gasteiger partial charge is 0.394 e. The maximum Gasteiger partial charge on any atom is 0.0650 e. The Kier molecular flexibility index (Phi) is 3.56. The van der Waals surface area contributed by atoms with Gasteiger partial charge in [0.15, 0.2) is 0 Å². The molecule has 0 aliphatic heterocycles. The van der Waals surface area contributed by atoms with Crippen molar-refractivity contribution in [1.29, 1.82) is 0 Å². The molecule has 78 valence electrons. The van der Waals surface area contributed by atoms with Crippen molar-refractivity contribution in [3.63, 3.8) is 0 Å². The third kappa shape index (κ3) is 2.14. The lowest BCUT2D eigenvalue weighted by Crippen LogP contribution is -2.15. The molecule has 0 aromatic heterocycles.